The van der Waals surface area contributed by atoms with E-state index in [1.807, 2.05) is 12.3 Å². The van der Waals surface area contributed by atoms with E-state index >= 15 is 0 Å². The lowest BCUT2D eigenvalue weighted by molar-refractivity contribution is 0.169. The van der Waals surface area contributed by atoms with E-state index in [1.165, 1.54) is 5.56 Å². The molecular weight excluding hydrogens is 240 g/mol. The van der Waals surface area contributed by atoms with Crippen LogP contribution in [0, 0.1) is 5.92 Å². The fourth-order valence-electron chi connectivity index (χ4n) is 2.21. The summed E-state index contributed by atoms with van der Waals surface area (Å²) >= 11 is 0. The van der Waals surface area contributed by atoms with Gasteiger partial charge in [0.15, 0.2) is 0 Å². The van der Waals surface area contributed by atoms with Gasteiger partial charge in [-0.05, 0) is 31.4 Å². The summed E-state index contributed by atoms with van der Waals surface area (Å²) in [4.78, 5) is 4.12. The molecule has 0 fully saturated rings. The number of aromatic nitrogens is 1. The van der Waals surface area contributed by atoms with Crippen LogP contribution in [0.2, 0.25) is 0 Å². The average Bonchev–Trinajstić information content (AvgIpc) is 2.45. The van der Waals surface area contributed by atoms with E-state index in [1.54, 1.807) is 20.4 Å². The zero-order valence-electron chi connectivity index (χ0n) is 12.5. The Morgan fingerprint density at radius 2 is 2.16 bits per heavy atom. The van der Waals surface area contributed by atoms with Gasteiger partial charge in [-0.3, -0.25) is 4.98 Å². The molecule has 19 heavy (non-hydrogen) atoms. The van der Waals surface area contributed by atoms with Crippen molar-refractivity contribution in [2.75, 3.05) is 27.4 Å². The van der Waals surface area contributed by atoms with E-state index in [0.29, 0.717) is 5.92 Å². The van der Waals surface area contributed by atoms with Crippen LogP contribution in [0.1, 0.15) is 38.3 Å². The molecule has 1 aromatic heterocycles. The Bertz CT molecular complexity index is 358. The van der Waals surface area contributed by atoms with Crippen LogP contribution in [0.5, 0.6) is 5.75 Å². The van der Waals surface area contributed by atoms with Gasteiger partial charge < -0.3 is 14.8 Å². The number of nitrogens with one attached hydrogen (secondary N) is 1. The van der Waals surface area contributed by atoms with Crippen molar-refractivity contribution in [3.8, 4) is 5.75 Å². The summed E-state index contributed by atoms with van der Waals surface area (Å²) in [6.07, 6.45) is 5.73. The predicted molar refractivity (Wildman–Crippen MR) is 77.5 cm³/mol. The van der Waals surface area contributed by atoms with Crippen molar-refractivity contribution in [3.63, 3.8) is 0 Å². The van der Waals surface area contributed by atoms with Crippen LogP contribution >= 0.6 is 0 Å². The first kappa shape index (κ1) is 15.9. The Hall–Kier alpha value is -1.13. The second-order valence-corrected chi connectivity index (χ2v) is 4.81. The van der Waals surface area contributed by atoms with Gasteiger partial charge in [0.1, 0.15) is 5.75 Å². The lowest BCUT2D eigenvalue weighted by Crippen LogP contribution is -2.28. The number of ether oxygens (including phenoxy) is 2. The summed E-state index contributed by atoms with van der Waals surface area (Å²) in [5, 5.41) is 3.61. The minimum atomic E-state index is 0.271. The zero-order chi connectivity index (χ0) is 14.1. The third-order valence-corrected chi connectivity index (χ3v) is 3.33. The molecule has 2 atom stereocenters. The van der Waals surface area contributed by atoms with Gasteiger partial charge in [0, 0.05) is 31.5 Å². The molecule has 0 aromatic carbocycles. The molecule has 108 valence electrons. The molecule has 4 nitrogen and oxygen atoms in total. The predicted octanol–water partition coefficient (Wildman–Crippen LogP) is 2.80. The highest BCUT2D eigenvalue weighted by molar-refractivity contribution is 5.33. The highest BCUT2D eigenvalue weighted by Gasteiger charge is 2.21. The van der Waals surface area contributed by atoms with Crippen LogP contribution in [0.3, 0.4) is 0 Å². The summed E-state index contributed by atoms with van der Waals surface area (Å²) in [5.41, 5.74) is 1.18. The van der Waals surface area contributed by atoms with Gasteiger partial charge in [-0.2, -0.15) is 0 Å². The lowest BCUT2D eigenvalue weighted by Gasteiger charge is -2.26. The Labute approximate surface area is 116 Å². The molecule has 1 N–H and O–H groups in total. The van der Waals surface area contributed by atoms with Crippen LogP contribution in [0.25, 0.3) is 0 Å². The molecule has 1 heterocycles. The van der Waals surface area contributed by atoms with E-state index in [2.05, 4.69) is 24.1 Å². The smallest absolute Gasteiger partial charge is 0.141 e. The molecule has 1 rings (SSSR count). The topological polar surface area (TPSA) is 43.4 Å². The third-order valence-electron chi connectivity index (χ3n) is 3.33. The molecular formula is C15H26N2O2. The fourth-order valence-corrected chi connectivity index (χ4v) is 2.21. The molecule has 0 bridgehead atoms. The van der Waals surface area contributed by atoms with Gasteiger partial charge in [0.05, 0.1) is 13.3 Å². The number of methoxy groups -OCH3 is 2. The maximum absolute atomic E-state index is 5.43. The van der Waals surface area contributed by atoms with Crippen LogP contribution < -0.4 is 10.1 Å². The largest absolute Gasteiger partial charge is 0.495 e. The lowest BCUT2D eigenvalue weighted by atomic mass is 9.92. The van der Waals surface area contributed by atoms with Crippen molar-refractivity contribution in [1.29, 1.82) is 0 Å². The van der Waals surface area contributed by atoms with Gasteiger partial charge in [0.25, 0.3) is 0 Å². The maximum Gasteiger partial charge on any atom is 0.141 e. The van der Waals surface area contributed by atoms with Gasteiger partial charge in [-0.25, -0.2) is 0 Å². The monoisotopic (exact) mass is 266 g/mol. The number of nitrogens with zero attached hydrogens (tertiary/aromatic N) is 1. The molecule has 0 saturated carbocycles. The second kappa shape index (κ2) is 8.88. The van der Waals surface area contributed by atoms with E-state index in [9.17, 15) is 0 Å². The Balaban J connectivity index is 2.88. The quantitative estimate of drug-likeness (QED) is 0.746. The summed E-state index contributed by atoms with van der Waals surface area (Å²) < 4.78 is 10.6. The summed E-state index contributed by atoms with van der Waals surface area (Å²) in [5.74, 6) is 1.32. The minimum Gasteiger partial charge on any atom is -0.495 e. The normalized spacial score (nSPS) is 14.1. The van der Waals surface area contributed by atoms with Crippen molar-refractivity contribution in [3.05, 3.63) is 24.0 Å². The zero-order valence-corrected chi connectivity index (χ0v) is 12.5. The van der Waals surface area contributed by atoms with Crippen molar-refractivity contribution >= 4 is 0 Å². The van der Waals surface area contributed by atoms with Crippen LogP contribution in [-0.4, -0.2) is 32.4 Å². The molecule has 0 radical (unpaired) electrons. The first-order chi connectivity index (χ1) is 9.24. The fraction of sp³-hybridized carbons (Fsp3) is 0.667. The first-order valence-corrected chi connectivity index (χ1v) is 6.94. The third kappa shape index (κ3) is 4.80. The molecule has 4 heteroatoms. The minimum absolute atomic E-state index is 0.271. The summed E-state index contributed by atoms with van der Waals surface area (Å²) in [6, 6.07) is 2.31. The van der Waals surface area contributed by atoms with E-state index in [-0.39, 0.29) is 6.04 Å². The van der Waals surface area contributed by atoms with Crippen molar-refractivity contribution in [2.45, 2.75) is 32.7 Å². The summed E-state index contributed by atoms with van der Waals surface area (Å²) in [6.45, 7) is 6.19. The highest BCUT2D eigenvalue weighted by atomic mass is 16.5. The van der Waals surface area contributed by atoms with Crippen molar-refractivity contribution in [1.82, 2.24) is 10.3 Å². The van der Waals surface area contributed by atoms with Gasteiger partial charge >= 0.3 is 0 Å². The van der Waals surface area contributed by atoms with Gasteiger partial charge in [0.2, 0.25) is 0 Å². The molecule has 1 aromatic rings. The number of hydrogen-bond acceptors (Lipinski definition) is 4. The molecule has 0 aliphatic heterocycles. The van der Waals surface area contributed by atoms with Crippen LogP contribution in [0.15, 0.2) is 18.5 Å². The Kier molecular flexibility index (Phi) is 7.45. The van der Waals surface area contributed by atoms with E-state index < -0.39 is 0 Å². The molecule has 0 spiro atoms. The van der Waals surface area contributed by atoms with E-state index in [4.69, 9.17) is 9.47 Å². The van der Waals surface area contributed by atoms with Crippen LogP contribution in [0.4, 0.5) is 0 Å². The first-order valence-electron chi connectivity index (χ1n) is 6.94. The Morgan fingerprint density at radius 1 is 1.37 bits per heavy atom. The molecule has 0 aliphatic carbocycles. The maximum atomic E-state index is 5.43. The molecule has 0 amide bonds. The van der Waals surface area contributed by atoms with Gasteiger partial charge in [-0.1, -0.05) is 13.8 Å². The number of rotatable bonds is 9. The number of pyridine rings is 1. The summed E-state index contributed by atoms with van der Waals surface area (Å²) in [7, 11) is 3.44. The van der Waals surface area contributed by atoms with E-state index in [0.717, 1.165) is 31.7 Å². The highest BCUT2D eigenvalue weighted by Crippen LogP contribution is 2.30. The second-order valence-electron chi connectivity index (χ2n) is 4.81. The van der Waals surface area contributed by atoms with Gasteiger partial charge in [-0.15, -0.1) is 0 Å². The molecule has 2 unspecified atom stereocenters. The average molecular weight is 266 g/mol. The van der Waals surface area contributed by atoms with Crippen molar-refractivity contribution in [2.24, 2.45) is 5.92 Å². The van der Waals surface area contributed by atoms with Crippen molar-refractivity contribution < 1.29 is 9.47 Å². The number of hydrogen-bond donors (Lipinski definition) is 1. The Morgan fingerprint density at radius 3 is 2.79 bits per heavy atom. The standard InChI is InChI=1S/C15H26N2O2/c1-5-8-17-15(12(2)7-10-18-3)13-6-9-16-11-14(13)19-4/h6,9,11-12,15,17H,5,7-8,10H2,1-4H3. The van der Waals surface area contributed by atoms with Crippen LogP contribution in [-0.2, 0) is 4.74 Å². The SMILES string of the molecule is CCCNC(c1ccncc1OC)C(C)CCOC. The molecule has 0 aliphatic rings. The molecule has 0 saturated heterocycles.